The van der Waals surface area contributed by atoms with Gasteiger partial charge in [-0.15, -0.1) is 0 Å². The first kappa shape index (κ1) is 23.8. The van der Waals surface area contributed by atoms with Crippen LogP contribution < -0.4 is 5.32 Å². The molecule has 3 heterocycles. The molecule has 180 valence electrons. The average molecular weight is 464 g/mol. The maximum absolute atomic E-state index is 12.7. The van der Waals surface area contributed by atoms with Crippen LogP contribution in [-0.4, -0.2) is 61.0 Å². The molecule has 1 amide bonds. The largest absolute Gasteiger partial charge is 0.451 e. The van der Waals surface area contributed by atoms with Crippen LogP contribution in [0, 0.1) is 0 Å². The van der Waals surface area contributed by atoms with E-state index in [-0.39, 0.29) is 11.7 Å². The second-order valence-electron chi connectivity index (χ2n) is 9.02. The fourth-order valence-corrected chi connectivity index (χ4v) is 4.82. The molecule has 0 atom stereocenters. The highest BCUT2D eigenvalue weighted by Gasteiger charge is 2.30. The SMILES string of the molecule is O=C(NCCCN1CCC(N2CCCCC2)CC1)c1ccc(-c2ccc(C(F)(F)F)cc2)o1. The van der Waals surface area contributed by atoms with Gasteiger partial charge < -0.3 is 19.5 Å². The zero-order valence-electron chi connectivity index (χ0n) is 18.9. The molecule has 1 N–H and O–H groups in total. The summed E-state index contributed by atoms with van der Waals surface area (Å²) in [6, 6.07) is 8.59. The number of rotatable bonds is 7. The predicted molar refractivity (Wildman–Crippen MR) is 121 cm³/mol. The molecule has 0 bridgehead atoms. The molecule has 0 radical (unpaired) electrons. The summed E-state index contributed by atoms with van der Waals surface area (Å²) >= 11 is 0. The Morgan fingerprint density at radius 3 is 2.33 bits per heavy atom. The third kappa shape index (κ3) is 6.38. The molecule has 4 rings (SSSR count). The Labute approximate surface area is 192 Å². The Balaban J connectivity index is 1.17. The highest BCUT2D eigenvalue weighted by molar-refractivity contribution is 5.92. The van der Waals surface area contributed by atoms with E-state index in [1.807, 2.05) is 0 Å². The Morgan fingerprint density at radius 2 is 1.67 bits per heavy atom. The van der Waals surface area contributed by atoms with Crippen LogP contribution in [0.3, 0.4) is 0 Å². The third-order valence-electron chi connectivity index (χ3n) is 6.73. The molecule has 0 unspecified atom stereocenters. The molecule has 5 nitrogen and oxygen atoms in total. The van der Waals surface area contributed by atoms with Crippen molar-refractivity contribution < 1.29 is 22.4 Å². The minimum absolute atomic E-state index is 0.159. The molecule has 0 spiro atoms. The zero-order valence-corrected chi connectivity index (χ0v) is 18.9. The number of likely N-dealkylation sites (tertiary alicyclic amines) is 2. The molecule has 0 aliphatic carbocycles. The summed E-state index contributed by atoms with van der Waals surface area (Å²) in [5, 5.41) is 2.88. The van der Waals surface area contributed by atoms with Crippen molar-refractivity contribution in [2.24, 2.45) is 0 Å². The van der Waals surface area contributed by atoms with Gasteiger partial charge in [-0.2, -0.15) is 13.2 Å². The molecular weight excluding hydrogens is 431 g/mol. The van der Waals surface area contributed by atoms with Crippen LogP contribution in [0.5, 0.6) is 0 Å². The lowest BCUT2D eigenvalue weighted by Crippen LogP contribution is -2.47. The number of halogens is 3. The quantitative estimate of drug-likeness (QED) is 0.585. The lowest BCUT2D eigenvalue weighted by atomic mass is 10.00. The Morgan fingerprint density at radius 1 is 0.970 bits per heavy atom. The van der Waals surface area contributed by atoms with E-state index in [9.17, 15) is 18.0 Å². The van der Waals surface area contributed by atoms with Gasteiger partial charge in [0.05, 0.1) is 5.56 Å². The van der Waals surface area contributed by atoms with Gasteiger partial charge in [0.2, 0.25) is 0 Å². The van der Waals surface area contributed by atoms with Gasteiger partial charge in [-0.25, -0.2) is 0 Å². The summed E-state index contributed by atoms with van der Waals surface area (Å²) in [6.45, 7) is 6.25. The number of carbonyl (C=O) groups is 1. The summed E-state index contributed by atoms with van der Waals surface area (Å²) in [7, 11) is 0. The van der Waals surface area contributed by atoms with Crippen molar-refractivity contribution in [2.75, 3.05) is 39.3 Å². The maximum atomic E-state index is 12.7. The Bertz CT molecular complexity index is 896. The average Bonchev–Trinajstić information content (AvgIpc) is 3.33. The Hall–Kier alpha value is -2.32. The number of carbonyl (C=O) groups excluding carboxylic acids is 1. The number of alkyl halides is 3. The molecule has 2 aliphatic heterocycles. The molecule has 8 heteroatoms. The van der Waals surface area contributed by atoms with Crippen LogP contribution in [-0.2, 0) is 6.18 Å². The van der Waals surface area contributed by atoms with E-state index < -0.39 is 11.7 Å². The summed E-state index contributed by atoms with van der Waals surface area (Å²) in [4.78, 5) is 17.5. The first-order valence-corrected chi connectivity index (χ1v) is 11.9. The summed E-state index contributed by atoms with van der Waals surface area (Å²) in [6.07, 6.45) is 2.98. The smallest absolute Gasteiger partial charge is 0.416 e. The zero-order chi connectivity index (χ0) is 23.3. The highest BCUT2D eigenvalue weighted by atomic mass is 19.4. The van der Waals surface area contributed by atoms with Crippen LogP contribution in [0.2, 0.25) is 0 Å². The molecule has 2 fully saturated rings. The van der Waals surface area contributed by atoms with E-state index in [0.29, 0.717) is 17.9 Å². The van der Waals surface area contributed by atoms with Crippen LogP contribution in [0.25, 0.3) is 11.3 Å². The number of nitrogens with zero attached hydrogens (tertiary/aromatic N) is 2. The summed E-state index contributed by atoms with van der Waals surface area (Å²) in [5.41, 5.74) is -0.221. The summed E-state index contributed by atoms with van der Waals surface area (Å²) < 4.78 is 43.7. The van der Waals surface area contributed by atoms with Crippen molar-refractivity contribution in [1.82, 2.24) is 15.1 Å². The van der Waals surface area contributed by atoms with Gasteiger partial charge in [-0.3, -0.25) is 4.79 Å². The van der Waals surface area contributed by atoms with Gasteiger partial charge in [-0.1, -0.05) is 18.6 Å². The van der Waals surface area contributed by atoms with Gasteiger partial charge in [0, 0.05) is 18.2 Å². The minimum atomic E-state index is -4.38. The van der Waals surface area contributed by atoms with Crippen molar-refractivity contribution in [3.05, 3.63) is 47.7 Å². The molecule has 2 saturated heterocycles. The van der Waals surface area contributed by atoms with Crippen LogP contribution in [0.1, 0.15) is 54.6 Å². The van der Waals surface area contributed by atoms with Crippen LogP contribution >= 0.6 is 0 Å². The number of hydrogen-bond donors (Lipinski definition) is 1. The minimum Gasteiger partial charge on any atom is -0.451 e. The lowest BCUT2D eigenvalue weighted by Gasteiger charge is -2.40. The Kier molecular flexibility index (Phi) is 7.75. The highest BCUT2D eigenvalue weighted by Crippen LogP contribution is 2.31. The van der Waals surface area contributed by atoms with E-state index in [2.05, 4.69) is 15.1 Å². The van der Waals surface area contributed by atoms with Gasteiger partial charge in [0.15, 0.2) is 5.76 Å². The molecule has 0 saturated carbocycles. The van der Waals surface area contributed by atoms with E-state index in [1.54, 1.807) is 12.1 Å². The third-order valence-corrected chi connectivity index (χ3v) is 6.73. The van der Waals surface area contributed by atoms with Crippen molar-refractivity contribution in [3.8, 4) is 11.3 Å². The van der Waals surface area contributed by atoms with Crippen molar-refractivity contribution in [2.45, 2.75) is 50.7 Å². The number of piperidine rings is 2. The molecular formula is C25H32F3N3O2. The van der Waals surface area contributed by atoms with Gasteiger partial charge in [-0.05, 0) is 89.1 Å². The van der Waals surface area contributed by atoms with E-state index >= 15 is 0 Å². The monoisotopic (exact) mass is 463 g/mol. The normalized spacial score (nSPS) is 19.0. The molecule has 33 heavy (non-hydrogen) atoms. The van der Waals surface area contributed by atoms with Crippen LogP contribution in [0.15, 0.2) is 40.8 Å². The first-order valence-electron chi connectivity index (χ1n) is 11.9. The fourth-order valence-electron chi connectivity index (χ4n) is 4.82. The van der Waals surface area contributed by atoms with Crippen molar-refractivity contribution in [1.29, 1.82) is 0 Å². The number of benzene rings is 1. The molecule has 1 aromatic carbocycles. The second-order valence-corrected chi connectivity index (χ2v) is 9.02. The molecule has 2 aliphatic rings. The molecule has 1 aromatic heterocycles. The second kappa shape index (κ2) is 10.7. The van der Waals surface area contributed by atoms with E-state index in [4.69, 9.17) is 4.42 Å². The number of amides is 1. The summed E-state index contributed by atoms with van der Waals surface area (Å²) in [5.74, 6) is 0.217. The van der Waals surface area contributed by atoms with Crippen LogP contribution in [0.4, 0.5) is 13.2 Å². The fraction of sp³-hybridized carbons (Fsp3) is 0.560. The van der Waals surface area contributed by atoms with Crippen molar-refractivity contribution >= 4 is 5.91 Å². The van der Waals surface area contributed by atoms with E-state index in [1.165, 1.54) is 57.3 Å². The molecule has 2 aromatic rings. The van der Waals surface area contributed by atoms with Gasteiger partial charge in [0.25, 0.3) is 5.91 Å². The number of nitrogens with one attached hydrogen (secondary N) is 1. The van der Waals surface area contributed by atoms with E-state index in [0.717, 1.165) is 44.2 Å². The first-order chi connectivity index (χ1) is 15.9. The van der Waals surface area contributed by atoms with Crippen molar-refractivity contribution in [3.63, 3.8) is 0 Å². The van der Waals surface area contributed by atoms with Gasteiger partial charge >= 0.3 is 6.18 Å². The predicted octanol–water partition coefficient (Wildman–Crippen LogP) is 5.04. The number of furan rings is 1. The topological polar surface area (TPSA) is 48.7 Å². The van der Waals surface area contributed by atoms with Gasteiger partial charge in [0.1, 0.15) is 5.76 Å². The maximum Gasteiger partial charge on any atom is 0.416 e. The standard InChI is InChI=1S/C25H32F3N3O2/c26-25(27,28)20-7-5-19(6-8-20)22-9-10-23(33-22)24(32)29-13-4-14-30-17-11-21(12-18-30)31-15-2-1-3-16-31/h5-10,21H,1-4,11-18H2,(H,29,32). The number of hydrogen-bond acceptors (Lipinski definition) is 4. The lowest BCUT2D eigenvalue weighted by molar-refractivity contribution is -0.137.